The van der Waals surface area contributed by atoms with Gasteiger partial charge < -0.3 is 0 Å². The highest BCUT2D eigenvalue weighted by Gasteiger charge is 2.25. The van der Waals surface area contributed by atoms with Crippen molar-refractivity contribution in [3.8, 4) is 11.1 Å². The molecule has 0 radical (unpaired) electrons. The zero-order valence-corrected chi connectivity index (χ0v) is 15.2. The average molecular weight is 317 g/mol. The molecule has 0 saturated heterocycles. The summed E-state index contributed by atoms with van der Waals surface area (Å²) in [7, 11) is 0. The fourth-order valence-electron chi connectivity index (χ4n) is 3.77. The van der Waals surface area contributed by atoms with E-state index in [1.165, 1.54) is 33.4 Å². The predicted octanol–water partition coefficient (Wildman–Crippen LogP) is 6.16. The van der Waals surface area contributed by atoms with Gasteiger partial charge in [-0.1, -0.05) is 70.2 Å². The van der Waals surface area contributed by atoms with Crippen LogP contribution in [0.15, 0.2) is 53.5 Å². The average Bonchev–Trinajstić information content (AvgIpc) is 3.24. The number of benzene rings is 2. The van der Waals surface area contributed by atoms with Crippen molar-refractivity contribution in [3.05, 3.63) is 70.8 Å². The van der Waals surface area contributed by atoms with E-state index in [0.29, 0.717) is 5.92 Å². The molecule has 1 heteroatoms. The van der Waals surface area contributed by atoms with E-state index in [4.69, 9.17) is 0 Å². The summed E-state index contributed by atoms with van der Waals surface area (Å²) in [5.74, 6) is 0.692. The summed E-state index contributed by atoms with van der Waals surface area (Å²) in [5, 5.41) is 0. The number of rotatable bonds is 3. The number of allylic oxidation sites excluding steroid dienone is 1. The standard InChI is InChI=1S/C21H21N.C2H6/c1-14(2)12-15-6-3-7-16-17-8-4-9-18(20(17)13-19(15)16)21-10-5-11-22-21;1-2/h3-11,14,21H,12-13H2,1-2H3;1-2H3. The number of hydrogen-bond acceptors (Lipinski definition) is 1. The molecule has 1 unspecified atom stereocenters. The molecular weight excluding hydrogens is 290 g/mol. The van der Waals surface area contributed by atoms with Crippen LogP contribution in [0.4, 0.5) is 0 Å². The lowest BCUT2D eigenvalue weighted by Gasteiger charge is -2.11. The normalized spacial score (nSPS) is 16.8. The fraction of sp³-hybridized carbons (Fsp3) is 0.348. The van der Waals surface area contributed by atoms with Crippen LogP contribution >= 0.6 is 0 Å². The molecule has 2 aliphatic rings. The van der Waals surface area contributed by atoms with Crippen molar-refractivity contribution in [3.63, 3.8) is 0 Å². The Hall–Kier alpha value is -2.15. The second kappa shape index (κ2) is 7.17. The van der Waals surface area contributed by atoms with Crippen molar-refractivity contribution in [1.29, 1.82) is 0 Å². The Morgan fingerprint density at radius 2 is 1.71 bits per heavy atom. The van der Waals surface area contributed by atoms with Crippen LogP contribution in [0.3, 0.4) is 0 Å². The number of nitrogens with zero attached hydrogens (tertiary/aromatic N) is 1. The molecule has 0 aromatic heterocycles. The van der Waals surface area contributed by atoms with E-state index in [2.05, 4.69) is 67.4 Å². The fourth-order valence-corrected chi connectivity index (χ4v) is 3.77. The molecule has 1 aliphatic carbocycles. The molecule has 0 fully saturated rings. The molecule has 24 heavy (non-hydrogen) atoms. The smallest absolute Gasteiger partial charge is 0.0936 e. The Balaban J connectivity index is 0.000000815. The maximum atomic E-state index is 4.58. The Morgan fingerprint density at radius 3 is 2.38 bits per heavy atom. The molecule has 0 bridgehead atoms. The summed E-state index contributed by atoms with van der Waals surface area (Å²) < 4.78 is 0. The van der Waals surface area contributed by atoms with Crippen LogP contribution in [0.25, 0.3) is 11.1 Å². The van der Waals surface area contributed by atoms with Crippen LogP contribution in [0.2, 0.25) is 0 Å². The van der Waals surface area contributed by atoms with Crippen LogP contribution in [0, 0.1) is 5.92 Å². The SMILES string of the molecule is CC.CC(C)Cc1cccc2c1Cc1c-2cccc1C1C=CC=N1. The number of aliphatic imine (C=N–C) groups is 1. The van der Waals surface area contributed by atoms with Gasteiger partial charge in [-0.05, 0) is 58.2 Å². The predicted molar refractivity (Wildman–Crippen MR) is 105 cm³/mol. The lowest BCUT2D eigenvalue weighted by molar-refractivity contribution is 0.644. The van der Waals surface area contributed by atoms with E-state index in [9.17, 15) is 0 Å². The Labute approximate surface area is 146 Å². The number of fused-ring (bicyclic) bond motifs is 3. The molecule has 1 atom stereocenters. The van der Waals surface area contributed by atoms with Gasteiger partial charge in [0.1, 0.15) is 0 Å². The van der Waals surface area contributed by atoms with Gasteiger partial charge in [0.15, 0.2) is 0 Å². The Bertz CT molecular complexity index is 769. The molecule has 1 nitrogen and oxygen atoms in total. The van der Waals surface area contributed by atoms with Crippen molar-refractivity contribution in [1.82, 2.24) is 0 Å². The van der Waals surface area contributed by atoms with Crippen molar-refractivity contribution >= 4 is 6.21 Å². The minimum atomic E-state index is 0.206. The van der Waals surface area contributed by atoms with E-state index in [-0.39, 0.29) is 6.04 Å². The summed E-state index contributed by atoms with van der Waals surface area (Å²) in [4.78, 5) is 4.58. The minimum Gasteiger partial charge on any atom is -0.281 e. The number of hydrogen-bond donors (Lipinski definition) is 0. The van der Waals surface area contributed by atoms with Crippen LogP contribution in [-0.2, 0) is 12.8 Å². The first-order valence-corrected chi connectivity index (χ1v) is 9.17. The van der Waals surface area contributed by atoms with Crippen LogP contribution in [0.5, 0.6) is 0 Å². The highest BCUT2D eigenvalue weighted by Crippen LogP contribution is 2.42. The molecular formula is C23H27N. The first-order chi connectivity index (χ1) is 11.7. The summed E-state index contributed by atoms with van der Waals surface area (Å²) in [6, 6.07) is 13.7. The van der Waals surface area contributed by atoms with Crippen molar-refractivity contribution in [2.45, 2.75) is 46.6 Å². The first-order valence-electron chi connectivity index (χ1n) is 9.17. The van der Waals surface area contributed by atoms with E-state index in [0.717, 1.165) is 12.8 Å². The minimum absolute atomic E-state index is 0.206. The molecule has 1 aliphatic heterocycles. The second-order valence-corrected chi connectivity index (χ2v) is 6.72. The molecule has 2 aromatic rings. The van der Waals surface area contributed by atoms with E-state index < -0.39 is 0 Å². The third-order valence-electron chi connectivity index (χ3n) is 4.70. The van der Waals surface area contributed by atoms with E-state index >= 15 is 0 Å². The first kappa shape index (κ1) is 16.7. The quantitative estimate of drug-likeness (QED) is 0.548. The Kier molecular flexibility index (Phi) is 4.99. The van der Waals surface area contributed by atoms with E-state index in [1.54, 1.807) is 0 Å². The maximum absolute atomic E-state index is 4.58. The summed E-state index contributed by atoms with van der Waals surface area (Å²) in [5.41, 5.74) is 8.73. The monoisotopic (exact) mass is 317 g/mol. The topological polar surface area (TPSA) is 12.4 Å². The van der Waals surface area contributed by atoms with Crippen molar-refractivity contribution in [2.24, 2.45) is 10.9 Å². The van der Waals surface area contributed by atoms with Crippen molar-refractivity contribution in [2.75, 3.05) is 0 Å². The summed E-state index contributed by atoms with van der Waals surface area (Å²) in [6.07, 6.45) is 8.37. The summed E-state index contributed by atoms with van der Waals surface area (Å²) in [6.45, 7) is 8.59. The van der Waals surface area contributed by atoms with Crippen LogP contribution in [0.1, 0.15) is 56.0 Å². The molecule has 0 spiro atoms. The summed E-state index contributed by atoms with van der Waals surface area (Å²) >= 11 is 0. The van der Waals surface area contributed by atoms with E-state index in [1.807, 2.05) is 20.1 Å². The molecule has 124 valence electrons. The molecule has 4 rings (SSSR count). The van der Waals surface area contributed by atoms with Crippen molar-refractivity contribution < 1.29 is 0 Å². The van der Waals surface area contributed by atoms with Crippen LogP contribution < -0.4 is 0 Å². The molecule has 2 aromatic carbocycles. The van der Waals surface area contributed by atoms with Gasteiger partial charge in [0.2, 0.25) is 0 Å². The highest BCUT2D eigenvalue weighted by molar-refractivity contribution is 5.80. The van der Waals surface area contributed by atoms with Crippen LogP contribution in [-0.4, -0.2) is 6.21 Å². The zero-order chi connectivity index (χ0) is 17.1. The molecule has 0 N–H and O–H groups in total. The third kappa shape index (κ3) is 2.96. The molecule has 0 amide bonds. The van der Waals surface area contributed by atoms with Gasteiger partial charge in [0.25, 0.3) is 0 Å². The van der Waals surface area contributed by atoms with Gasteiger partial charge in [-0.2, -0.15) is 0 Å². The van der Waals surface area contributed by atoms with Gasteiger partial charge in [-0.3, -0.25) is 4.99 Å². The lowest BCUT2D eigenvalue weighted by Crippen LogP contribution is -1.99. The molecule has 0 saturated carbocycles. The van der Waals surface area contributed by atoms with Gasteiger partial charge in [-0.15, -0.1) is 0 Å². The third-order valence-corrected chi connectivity index (χ3v) is 4.70. The highest BCUT2D eigenvalue weighted by atomic mass is 14.8. The van der Waals surface area contributed by atoms with Gasteiger partial charge >= 0.3 is 0 Å². The lowest BCUT2D eigenvalue weighted by atomic mass is 9.94. The van der Waals surface area contributed by atoms with Gasteiger partial charge in [0, 0.05) is 6.21 Å². The Morgan fingerprint density at radius 1 is 1.00 bits per heavy atom. The molecule has 1 heterocycles. The maximum Gasteiger partial charge on any atom is 0.0936 e. The zero-order valence-electron chi connectivity index (χ0n) is 15.2. The van der Waals surface area contributed by atoms with Gasteiger partial charge in [-0.25, -0.2) is 0 Å². The van der Waals surface area contributed by atoms with Gasteiger partial charge in [0.05, 0.1) is 6.04 Å². The largest absolute Gasteiger partial charge is 0.281 e. The second-order valence-electron chi connectivity index (χ2n) is 6.72.